The molecule has 1 aliphatic rings. The number of hydrogen-bond donors (Lipinski definition) is 2. The average Bonchev–Trinajstić information content (AvgIpc) is 3.06. The molecule has 2 aromatic carbocycles. The van der Waals surface area contributed by atoms with E-state index in [4.69, 9.17) is 4.74 Å². The van der Waals surface area contributed by atoms with Crippen molar-refractivity contribution in [2.24, 2.45) is 10.2 Å². The SMILES string of the molecule is COc1ccccc1CNC(=O)CC1S/C(=N\N=C\c2ccccc2)NC1=O. The Hall–Kier alpha value is -3.13. The van der Waals surface area contributed by atoms with Crippen LogP contribution in [0, 0.1) is 0 Å². The van der Waals surface area contributed by atoms with Crippen molar-refractivity contribution in [2.75, 3.05) is 7.11 Å². The average molecular weight is 396 g/mol. The van der Waals surface area contributed by atoms with Crippen LogP contribution < -0.4 is 15.4 Å². The topological polar surface area (TPSA) is 92.2 Å². The van der Waals surface area contributed by atoms with Crippen molar-refractivity contribution < 1.29 is 14.3 Å². The Labute approximate surface area is 167 Å². The molecule has 0 aliphatic carbocycles. The van der Waals surface area contributed by atoms with Gasteiger partial charge in [0, 0.05) is 18.5 Å². The molecule has 0 aromatic heterocycles. The van der Waals surface area contributed by atoms with Gasteiger partial charge in [-0.05, 0) is 11.6 Å². The van der Waals surface area contributed by atoms with Gasteiger partial charge in [0.25, 0.3) is 0 Å². The molecule has 0 spiro atoms. The second-order valence-electron chi connectivity index (χ2n) is 5.95. The summed E-state index contributed by atoms with van der Waals surface area (Å²) in [5.41, 5.74) is 1.79. The number of methoxy groups -OCH3 is 1. The van der Waals surface area contributed by atoms with Crippen LogP contribution in [-0.4, -0.2) is 35.6 Å². The van der Waals surface area contributed by atoms with E-state index in [2.05, 4.69) is 20.8 Å². The van der Waals surface area contributed by atoms with Gasteiger partial charge in [-0.1, -0.05) is 60.3 Å². The zero-order chi connectivity index (χ0) is 19.8. The van der Waals surface area contributed by atoms with Crippen molar-refractivity contribution >= 4 is 35.0 Å². The van der Waals surface area contributed by atoms with Gasteiger partial charge in [0.15, 0.2) is 5.17 Å². The number of nitrogens with zero attached hydrogens (tertiary/aromatic N) is 2. The maximum absolute atomic E-state index is 12.2. The lowest BCUT2D eigenvalue weighted by atomic mass is 10.2. The fourth-order valence-corrected chi connectivity index (χ4v) is 3.48. The molecule has 1 unspecified atom stereocenters. The monoisotopic (exact) mass is 396 g/mol. The van der Waals surface area contributed by atoms with Gasteiger partial charge in [0.1, 0.15) is 11.0 Å². The van der Waals surface area contributed by atoms with Crippen molar-refractivity contribution in [3.05, 3.63) is 65.7 Å². The molecule has 1 aliphatic heterocycles. The first-order valence-corrected chi connectivity index (χ1v) is 9.56. The van der Waals surface area contributed by atoms with E-state index in [0.717, 1.165) is 11.1 Å². The number of para-hydroxylation sites is 1. The molecule has 7 nitrogen and oxygen atoms in total. The van der Waals surface area contributed by atoms with Crippen LogP contribution in [0.15, 0.2) is 64.8 Å². The van der Waals surface area contributed by atoms with Crippen LogP contribution in [0.2, 0.25) is 0 Å². The number of carbonyl (C=O) groups is 2. The normalized spacial score (nSPS) is 17.7. The molecule has 1 atom stereocenters. The number of benzene rings is 2. The van der Waals surface area contributed by atoms with Crippen molar-refractivity contribution in [2.45, 2.75) is 18.2 Å². The Balaban J connectivity index is 1.50. The third-order valence-corrected chi connectivity index (χ3v) is 5.04. The van der Waals surface area contributed by atoms with E-state index >= 15 is 0 Å². The number of rotatable bonds is 7. The Morgan fingerprint density at radius 3 is 2.75 bits per heavy atom. The zero-order valence-electron chi connectivity index (χ0n) is 15.3. The van der Waals surface area contributed by atoms with Gasteiger partial charge in [-0.15, -0.1) is 5.10 Å². The minimum absolute atomic E-state index is 0.0626. The standard InChI is InChI=1S/C20H20N4O3S/c1-27-16-10-6-5-9-15(16)13-21-18(25)11-17-19(26)23-20(28-17)24-22-12-14-7-3-2-4-8-14/h2-10,12,17H,11,13H2,1H3,(H,21,25)(H,23,24,26)/b22-12+. The Bertz CT molecular complexity index is 899. The van der Waals surface area contributed by atoms with Crippen LogP contribution in [0.25, 0.3) is 0 Å². The highest BCUT2D eigenvalue weighted by Crippen LogP contribution is 2.23. The summed E-state index contributed by atoms with van der Waals surface area (Å²) in [5.74, 6) is 0.250. The van der Waals surface area contributed by atoms with Crippen LogP contribution in [-0.2, 0) is 16.1 Å². The molecular weight excluding hydrogens is 376 g/mol. The lowest BCUT2D eigenvalue weighted by Crippen LogP contribution is -2.31. The maximum Gasteiger partial charge on any atom is 0.240 e. The van der Waals surface area contributed by atoms with Crippen molar-refractivity contribution in [1.29, 1.82) is 0 Å². The number of amidine groups is 1. The molecular formula is C20H20N4O3S. The largest absolute Gasteiger partial charge is 0.496 e. The third kappa shape index (κ3) is 5.43. The fourth-order valence-electron chi connectivity index (χ4n) is 2.56. The molecule has 3 rings (SSSR count). The molecule has 2 amide bonds. The lowest BCUT2D eigenvalue weighted by Gasteiger charge is -2.10. The molecule has 28 heavy (non-hydrogen) atoms. The Kier molecular flexibility index (Phi) is 6.80. The van der Waals surface area contributed by atoms with Crippen molar-refractivity contribution in [1.82, 2.24) is 10.6 Å². The first kappa shape index (κ1) is 19.6. The minimum Gasteiger partial charge on any atom is -0.496 e. The van der Waals surface area contributed by atoms with E-state index in [0.29, 0.717) is 17.5 Å². The van der Waals surface area contributed by atoms with Crippen molar-refractivity contribution in [3.8, 4) is 5.75 Å². The first-order chi connectivity index (χ1) is 13.7. The molecule has 1 heterocycles. The summed E-state index contributed by atoms with van der Waals surface area (Å²) >= 11 is 1.20. The van der Waals surface area contributed by atoms with Gasteiger partial charge in [-0.3, -0.25) is 9.59 Å². The predicted molar refractivity (Wildman–Crippen MR) is 110 cm³/mol. The summed E-state index contributed by atoms with van der Waals surface area (Å²) in [6, 6.07) is 17.0. The highest BCUT2D eigenvalue weighted by molar-refractivity contribution is 8.15. The van der Waals surface area contributed by atoms with Gasteiger partial charge >= 0.3 is 0 Å². The molecule has 0 saturated carbocycles. The Morgan fingerprint density at radius 2 is 1.96 bits per heavy atom. The van der Waals surface area contributed by atoms with E-state index in [9.17, 15) is 9.59 Å². The van der Waals surface area contributed by atoms with Crippen LogP contribution in [0.1, 0.15) is 17.5 Å². The molecule has 2 N–H and O–H groups in total. The highest BCUT2D eigenvalue weighted by atomic mass is 32.2. The number of hydrogen-bond acceptors (Lipinski definition) is 6. The summed E-state index contributed by atoms with van der Waals surface area (Å²) in [4.78, 5) is 24.3. The van der Waals surface area contributed by atoms with E-state index in [1.807, 2.05) is 54.6 Å². The minimum atomic E-state index is -0.525. The molecule has 1 saturated heterocycles. The van der Waals surface area contributed by atoms with E-state index in [1.54, 1.807) is 13.3 Å². The first-order valence-electron chi connectivity index (χ1n) is 8.68. The van der Waals surface area contributed by atoms with E-state index in [-0.39, 0.29) is 18.2 Å². The van der Waals surface area contributed by atoms with Crippen LogP contribution in [0.4, 0.5) is 0 Å². The summed E-state index contributed by atoms with van der Waals surface area (Å²) in [7, 11) is 1.58. The smallest absolute Gasteiger partial charge is 0.240 e. The van der Waals surface area contributed by atoms with Gasteiger partial charge in [0.05, 0.1) is 13.3 Å². The molecule has 2 aromatic rings. The zero-order valence-corrected chi connectivity index (χ0v) is 16.1. The molecule has 8 heteroatoms. The van der Waals surface area contributed by atoms with Gasteiger partial charge < -0.3 is 15.4 Å². The number of thioether (sulfide) groups is 1. The highest BCUT2D eigenvalue weighted by Gasteiger charge is 2.32. The van der Waals surface area contributed by atoms with Crippen LogP contribution >= 0.6 is 11.8 Å². The fraction of sp³-hybridized carbons (Fsp3) is 0.200. The summed E-state index contributed by atoms with van der Waals surface area (Å²) in [5, 5.41) is 13.3. The van der Waals surface area contributed by atoms with Gasteiger partial charge in [0.2, 0.25) is 11.8 Å². The molecule has 0 bridgehead atoms. The lowest BCUT2D eigenvalue weighted by molar-refractivity contribution is -0.125. The number of carbonyl (C=O) groups excluding carboxylic acids is 2. The van der Waals surface area contributed by atoms with Crippen molar-refractivity contribution in [3.63, 3.8) is 0 Å². The van der Waals surface area contributed by atoms with Gasteiger partial charge in [-0.2, -0.15) is 5.10 Å². The maximum atomic E-state index is 12.2. The summed E-state index contributed by atoms with van der Waals surface area (Å²) in [6.45, 7) is 0.337. The number of amides is 2. The van der Waals surface area contributed by atoms with Crippen LogP contribution in [0.5, 0.6) is 5.75 Å². The molecule has 0 radical (unpaired) electrons. The number of nitrogens with one attached hydrogen (secondary N) is 2. The third-order valence-electron chi connectivity index (χ3n) is 3.97. The van der Waals surface area contributed by atoms with E-state index in [1.165, 1.54) is 11.8 Å². The van der Waals surface area contributed by atoms with Gasteiger partial charge in [-0.25, -0.2) is 0 Å². The quantitative estimate of drug-likeness (QED) is 0.555. The predicted octanol–water partition coefficient (Wildman–Crippen LogP) is 2.32. The Morgan fingerprint density at radius 1 is 1.21 bits per heavy atom. The number of ether oxygens (including phenoxy) is 1. The second kappa shape index (κ2) is 9.70. The van der Waals surface area contributed by atoms with Crippen LogP contribution in [0.3, 0.4) is 0 Å². The summed E-state index contributed by atoms with van der Waals surface area (Å²) in [6.07, 6.45) is 1.67. The summed E-state index contributed by atoms with van der Waals surface area (Å²) < 4.78 is 5.26. The van der Waals surface area contributed by atoms with E-state index < -0.39 is 5.25 Å². The molecule has 144 valence electrons. The molecule has 1 fully saturated rings. The second-order valence-corrected chi connectivity index (χ2v) is 7.14.